The van der Waals surface area contributed by atoms with Crippen molar-refractivity contribution in [3.63, 3.8) is 0 Å². The Balaban J connectivity index is 2.00. The molecule has 0 aliphatic rings. The van der Waals surface area contributed by atoms with Gasteiger partial charge in [-0.25, -0.2) is 19.9 Å². The standard InChI is InChI=1S/C19H22N8O3/c1-5-13(28)16-12(8-23-27(16)4)25-18(29)15-17(24-11-6-20-10-21-7-11)22-9-14(26-15)19(2,3)30/h6-10,30H,5H2,1-4H3,(H,22,24)(H,25,29). The number of rotatable bonds is 7. The summed E-state index contributed by atoms with van der Waals surface area (Å²) in [7, 11) is 1.62. The van der Waals surface area contributed by atoms with Crippen molar-refractivity contribution in [3.8, 4) is 0 Å². The van der Waals surface area contributed by atoms with E-state index in [1.54, 1.807) is 14.0 Å². The summed E-state index contributed by atoms with van der Waals surface area (Å²) in [6.07, 6.45) is 7.43. The quantitative estimate of drug-likeness (QED) is 0.496. The summed E-state index contributed by atoms with van der Waals surface area (Å²) in [5, 5.41) is 19.9. The van der Waals surface area contributed by atoms with Crippen molar-refractivity contribution in [3.05, 3.63) is 48.2 Å². The van der Waals surface area contributed by atoms with Crippen LogP contribution in [0, 0.1) is 0 Å². The zero-order valence-corrected chi connectivity index (χ0v) is 17.0. The summed E-state index contributed by atoms with van der Waals surface area (Å²) in [4.78, 5) is 41.7. The first-order chi connectivity index (χ1) is 14.2. The van der Waals surface area contributed by atoms with E-state index in [2.05, 4.69) is 35.7 Å². The Bertz CT molecular complexity index is 1070. The summed E-state index contributed by atoms with van der Waals surface area (Å²) in [5.41, 5.74) is -0.133. The minimum Gasteiger partial charge on any atom is -0.384 e. The van der Waals surface area contributed by atoms with E-state index in [0.29, 0.717) is 5.69 Å². The average Bonchev–Trinajstić information content (AvgIpc) is 3.07. The number of anilines is 3. The van der Waals surface area contributed by atoms with Crippen LogP contribution >= 0.6 is 0 Å². The summed E-state index contributed by atoms with van der Waals surface area (Å²) in [6.45, 7) is 4.80. The molecule has 0 saturated heterocycles. The molecule has 0 aliphatic carbocycles. The number of amides is 1. The summed E-state index contributed by atoms with van der Waals surface area (Å²) < 4.78 is 1.40. The number of hydrogen-bond acceptors (Lipinski definition) is 9. The molecule has 0 aromatic carbocycles. The lowest BCUT2D eigenvalue weighted by Gasteiger charge is -2.18. The highest BCUT2D eigenvalue weighted by molar-refractivity contribution is 6.10. The topological polar surface area (TPSA) is 148 Å². The number of hydrogen-bond donors (Lipinski definition) is 3. The van der Waals surface area contributed by atoms with E-state index in [1.165, 1.54) is 49.6 Å². The van der Waals surface area contributed by atoms with E-state index in [-0.39, 0.29) is 40.8 Å². The van der Waals surface area contributed by atoms with Crippen molar-refractivity contribution < 1.29 is 14.7 Å². The van der Waals surface area contributed by atoms with Crippen LogP contribution in [0.2, 0.25) is 0 Å². The van der Waals surface area contributed by atoms with Gasteiger partial charge in [0.25, 0.3) is 5.91 Å². The van der Waals surface area contributed by atoms with Crippen molar-refractivity contribution in [2.45, 2.75) is 32.8 Å². The highest BCUT2D eigenvalue weighted by Crippen LogP contribution is 2.24. The van der Waals surface area contributed by atoms with Gasteiger partial charge in [0, 0.05) is 13.5 Å². The number of aliphatic hydroxyl groups is 1. The molecule has 1 amide bonds. The molecule has 30 heavy (non-hydrogen) atoms. The molecule has 0 saturated carbocycles. The van der Waals surface area contributed by atoms with Crippen LogP contribution in [0.25, 0.3) is 0 Å². The summed E-state index contributed by atoms with van der Waals surface area (Å²) in [5.74, 6) is -0.643. The lowest BCUT2D eigenvalue weighted by atomic mass is 10.1. The molecule has 0 bridgehead atoms. The second-order valence-electron chi connectivity index (χ2n) is 7.02. The number of ketones is 1. The van der Waals surface area contributed by atoms with Crippen molar-refractivity contribution in [2.24, 2.45) is 7.05 Å². The molecule has 0 aliphatic heterocycles. The number of carbonyl (C=O) groups excluding carboxylic acids is 2. The van der Waals surface area contributed by atoms with Gasteiger partial charge in [-0.2, -0.15) is 5.10 Å². The van der Waals surface area contributed by atoms with Crippen LogP contribution in [0.1, 0.15) is 53.9 Å². The zero-order valence-electron chi connectivity index (χ0n) is 17.0. The van der Waals surface area contributed by atoms with E-state index < -0.39 is 11.5 Å². The van der Waals surface area contributed by atoms with Crippen molar-refractivity contribution in [1.29, 1.82) is 0 Å². The third-order valence-electron chi connectivity index (χ3n) is 4.21. The average molecular weight is 410 g/mol. The van der Waals surface area contributed by atoms with Gasteiger partial charge < -0.3 is 15.7 Å². The molecule has 3 rings (SSSR count). The maximum atomic E-state index is 13.1. The predicted octanol–water partition coefficient (Wildman–Crippen LogP) is 1.82. The van der Waals surface area contributed by atoms with E-state index in [1.807, 2.05) is 0 Å². The van der Waals surface area contributed by atoms with Crippen LogP contribution in [-0.2, 0) is 12.6 Å². The van der Waals surface area contributed by atoms with Crippen LogP contribution in [-0.4, -0.2) is 46.5 Å². The fourth-order valence-corrected chi connectivity index (χ4v) is 2.64. The third-order valence-corrected chi connectivity index (χ3v) is 4.21. The van der Waals surface area contributed by atoms with E-state index in [9.17, 15) is 14.7 Å². The van der Waals surface area contributed by atoms with Gasteiger partial charge >= 0.3 is 0 Å². The number of aromatic nitrogens is 6. The Morgan fingerprint density at radius 3 is 2.50 bits per heavy atom. The summed E-state index contributed by atoms with van der Waals surface area (Å²) in [6, 6.07) is 0. The molecule has 3 N–H and O–H groups in total. The molecule has 3 aromatic heterocycles. The van der Waals surface area contributed by atoms with Gasteiger partial charge in [0.15, 0.2) is 17.3 Å². The second kappa shape index (κ2) is 8.33. The molecule has 0 fully saturated rings. The number of carbonyl (C=O) groups is 2. The molecular weight excluding hydrogens is 388 g/mol. The molecule has 156 valence electrons. The molecule has 0 unspecified atom stereocenters. The van der Waals surface area contributed by atoms with Gasteiger partial charge in [0.2, 0.25) is 0 Å². The maximum Gasteiger partial charge on any atom is 0.278 e. The van der Waals surface area contributed by atoms with Crippen LogP contribution < -0.4 is 10.6 Å². The Hall–Kier alpha value is -3.73. The largest absolute Gasteiger partial charge is 0.384 e. The maximum absolute atomic E-state index is 13.1. The Kier molecular flexibility index (Phi) is 5.83. The minimum atomic E-state index is -1.31. The lowest BCUT2D eigenvalue weighted by Crippen LogP contribution is -2.23. The zero-order chi connectivity index (χ0) is 21.9. The first-order valence-corrected chi connectivity index (χ1v) is 9.19. The van der Waals surface area contributed by atoms with E-state index >= 15 is 0 Å². The molecule has 3 heterocycles. The van der Waals surface area contributed by atoms with Crippen molar-refractivity contribution in [2.75, 3.05) is 10.6 Å². The minimum absolute atomic E-state index is 0.0720. The van der Waals surface area contributed by atoms with Gasteiger partial charge in [-0.15, -0.1) is 0 Å². The Morgan fingerprint density at radius 1 is 1.17 bits per heavy atom. The normalized spacial score (nSPS) is 11.2. The smallest absolute Gasteiger partial charge is 0.278 e. The first kappa shape index (κ1) is 21.0. The van der Waals surface area contributed by atoms with Gasteiger partial charge in [0.1, 0.15) is 17.6 Å². The predicted molar refractivity (Wildman–Crippen MR) is 108 cm³/mol. The molecule has 11 heteroatoms. The first-order valence-electron chi connectivity index (χ1n) is 9.19. The molecule has 0 radical (unpaired) electrons. The summed E-state index contributed by atoms with van der Waals surface area (Å²) >= 11 is 0. The molecule has 11 nitrogen and oxygen atoms in total. The Labute approximate surface area is 172 Å². The number of aryl methyl sites for hydroxylation is 1. The van der Waals surface area contributed by atoms with Crippen LogP contribution in [0.3, 0.4) is 0 Å². The highest BCUT2D eigenvalue weighted by atomic mass is 16.3. The monoisotopic (exact) mass is 410 g/mol. The van der Waals surface area contributed by atoms with Crippen LogP contribution in [0.15, 0.2) is 31.1 Å². The third kappa shape index (κ3) is 4.46. The number of nitrogens with one attached hydrogen (secondary N) is 2. The lowest BCUT2D eigenvalue weighted by molar-refractivity contribution is 0.0731. The highest BCUT2D eigenvalue weighted by Gasteiger charge is 2.25. The Morgan fingerprint density at radius 2 is 1.87 bits per heavy atom. The van der Waals surface area contributed by atoms with E-state index in [4.69, 9.17) is 0 Å². The fraction of sp³-hybridized carbons (Fsp3) is 0.316. The number of Topliss-reactive ketones (excluding diaryl/α,β-unsaturated/α-hetero) is 1. The van der Waals surface area contributed by atoms with Crippen molar-refractivity contribution >= 4 is 28.9 Å². The van der Waals surface area contributed by atoms with Gasteiger partial charge in [-0.05, 0) is 13.8 Å². The molecule has 0 spiro atoms. The van der Waals surface area contributed by atoms with Crippen LogP contribution in [0.5, 0.6) is 0 Å². The molecular formula is C19H22N8O3. The fourth-order valence-electron chi connectivity index (χ4n) is 2.64. The van der Waals surface area contributed by atoms with Crippen molar-refractivity contribution in [1.82, 2.24) is 29.7 Å². The molecule has 0 atom stereocenters. The second-order valence-corrected chi connectivity index (χ2v) is 7.02. The van der Waals surface area contributed by atoms with Gasteiger partial charge in [-0.1, -0.05) is 6.92 Å². The molecule has 3 aromatic rings. The van der Waals surface area contributed by atoms with Crippen LogP contribution in [0.4, 0.5) is 17.2 Å². The number of nitrogens with zero attached hydrogens (tertiary/aromatic N) is 6. The van der Waals surface area contributed by atoms with Gasteiger partial charge in [-0.3, -0.25) is 14.3 Å². The van der Waals surface area contributed by atoms with E-state index in [0.717, 1.165) is 0 Å². The SMILES string of the molecule is CCC(=O)c1c(NC(=O)c2nc(C(C)(C)O)cnc2Nc2cncnc2)cnn1C. The van der Waals surface area contributed by atoms with Gasteiger partial charge in [0.05, 0.1) is 41.9 Å².